The zero-order valence-corrected chi connectivity index (χ0v) is 27.3. The van der Waals surface area contributed by atoms with Crippen LogP contribution in [0.2, 0.25) is 0 Å². The Morgan fingerprint density at radius 2 is 1.67 bits per heavy atom. The quantitative estimate of drug-likeness (QED) is 0.127. The fraction of sp³-hybridized carbons (Fsp3) is 0.767. The second-order valence-corrected chi connectivity index (χ2v) is 12.3. The Hall–Kier alpha value is -3.75. The van der Waals surface area contributed by atoms with Gasteiger partial charge >= 0.3 is 5.97 Å². The molecule has 0 aliphatic carbocycles. The summed E-state index contributed by atoms with van der Waals surface area (Å²) >= 11 is 0. The summed E-state index contributed by atoms with van der Waals surface area (Å²) in [5, 5.41) is 23.3. The summed E-state index contributed by atoms with van der Waals surface area (Å²) in [5.74, 6) is -5.57. The Kier molecular flexibility index (Phi) is 14.2. The number of nitrogens with zero attached hydrogens (tertiary/aromatic N) is 1. The van der Waals surface area contributed by atoms with Crippen molar-refractivity contribution in [1.29, 1.82) is 0 Å². The standard InChI is InChI=1S/C30H51N7O8/c1-8-14(3)16(5)22(39)10-19(13-38)26(41)37-24-18(7)45-29(44)23(15(4)9-2)36-27(42)21(11-20-12-32-30(31)34-20)35-25(40)17(6)33-28(24)43/h14-21,23-24,38H,8-13H2,1-7H3,(H,33,43)(H,35,40)(H,36,42)(H,37,41)(H3,31,32,34)/t14-,15-,16-,17-,18-,19-,20-,21-,23-,24+/m0/s1. The number of amides is 4. The topological polar surface area (TPSA) is 230 Å². The second-order valence-electron chi connectivity index (χ2n) is 12.3. The van der Waals surface area contributed by atoms with Crippen LogP contribution >= 0.6 is 0 Å². The molecule has 1 saturated heterocycles. The molecule has 0 spiro atoms. The lowest BCUT2D eigenvalue weighted by molar-refractivity contribution is -0.157. The van der Waals surface area contributed by atoms with Crippen LogP contribution in [0, 0.1) is 23.7 Å². The van der Waals surface area contributed by atoms with Gasteiger partial charge < -0.3 is 42.2 Å². The molecule has 4 amide bonds. The van der Waals surface area contributed by atoms with E-state index < -0.39 is 78.3 Å². The monoisotopic (exact) mass is 637 g/mol. The number of rotatable bonds is 12. The molecule has 0 aromatic heterocycles. The first kappa shape index (κ1) is 37.4. The highest BCUT2D eigenvalue weighted by molar-refractivity contribution is 5.96. The first-order valence-corrected chi connectivity index (χ1v) is 15.7. The van der Waals surface area contributed by atoms with Gasteiger partial charge in [0.2, 0.25) is 23.6 Å². The zero-order chi connectivity index (χ0) is 34.0. The molecule has 0 aromatic carbocycles. The molecule has 0 bridgehead atoms. The van der Waals surface area contributed by atoms with Gasteiger partial charge in [-0.2, -0.15) is 0 Å². The Labute approximate surface area is 264 Å². The summed E-state index contributed by atoms with van der Waals surface area (Å²) in [5.41, 5.74) is 5.71. The number of carbonyl (C=O) groups excluding carboxylic acids is 6. The maximum Gasteiger partial charge on any atom is 0.329 e. The van der Waals surface area contributed by atoms with Crippen LogP contribution in [0.1, 0.15) is 74.1 Å². The van der Waals surface area contributed by atoms with Crippen LogP contribution < -0.4 is 32.3 Å². The Morgan fingerprint density at radius 1 is 1.00 bits per heavy atom. The molecule has 45 heavy (non-hydrogen) atoms. The van der Waals surface area contributed by atoms with Crippen LogP contribution in [0.25, 0.3) is 0 Å². The van der Waals surface area contributed by atoms with E-state index in [1.54, 1.807) is 13.8 Å². The molecule has 0 aromatic rings. The number of guanidine groups is 1. The number of ether oxygens (including phenoxy) is 1. The third-order valence-corrected chi connectivity index (χ3v) is 8.90. The van der Waals surface area contributed by atoms with E-state index in [2.05, 4.69) is 31.6 Å². The van der Waals surface area contributed by atoms with Gasteiger partial charge in [-0.25, -0.2) is 4.79 Å². The third kappa shape index (κ3) is 10.4. The molecule has 1 fully saturated rings. The van der Waals surface area contributed by atoms with E-state index in [1.165, 1.54) is 13.8 Å². The van der Waals surface area contributed by atoms with Crippen molar-refractivity contribution in [3.05, 3.63) is 0 Å². The molecule has 15 nitrogen and oxygen atoms in total. The highest BCUT2D eigenvalue weighted by atomic mass is 16.5. The smallest absolute Gasteiger partial charge is 0.329 e. The molecule has 2 aliphatic heterocycles. The van der Waals surface area contributed by atoms with Crippen molar-refractivity contribution in [2.45, 2.75) is 110 Å². The van der Waals surface area contributed by atoms with E-state index >= 15 is 0 Å². The van der Waals surface area contributed by atoms with Gasteiger partial charge in [-0.15, -0.1) is 0 Å². The van der Waals surface area contributed by atoms with Gasteiger partial charge in [0, 0.05) is 12.3 Å². The van der Waals surface area contributed by atoms with Crippen molar-refractivity contribution >= 4 is 41.3 Å². The number of nitrogens with two attached hydrogens (primary N) is 1. The maximum absolute atomic E-state index is 13.5. The number of esters is 1. The third-order valence-electron chi connectivity index (χ3n) is 8.90. The average molecular weight is 638 g/mol. The molecule has 0 saturated carbocycles. The number of nitrogens with one attached hydrogen (secondary N) is 5. The Morgan fingerprint density at radius 3 is 2.22 bits per heavy atom. The van der Waals surface area contributed by atoms with Crippen molar-refractivity contribution in [1.82, 2.24) is 26.6 Å². The summed E-state index contributed by atoms with van der Waals surface area (Å²) < 4.78 is 5.64. The summed E-state index contributed by atoms with van der Waals surface area (Å²) in [4.78, 5) is 83.7. The lowest BCUT2D eigenvalue weighted by Crippen LogP contribution is -2.59. The zero-order valence-electron chi connectivity index (χ0n) is 27.3. The first-order valence-electron chi connectivity index (χ1n) is 15.7. The number of aliphatic hydroxyl groups is 1. The molecule has 8 N–H and O–H groups in total. The molecule has 2 aliphatic rings. The van der Waals surface area contributed by atoms with Gasteiger partial charge in [0.25, 0.3) is 0 Å². The molecule has 0 radical (unpaired) electrons. The van der Waals surface area contributed by atoms with Crippen molar-refractivity contribution in [3.8, 4) is 0 Å². The van der Waals surface area contributed by atoms with Gasteiger partial charge in [-0.1, -0.05) is 47.5 Å². The molecule has 15 heteroatoms. The van der Waals surface area contributed by atoms with E-state index in [1.807, 2.05) is 20.8 Å². The number of aliphatic imine (C=N–C) groups is 1. The number of cyclic esters (lactones) is 1. The largest absolute Gasteiger partial charge is 0.458 e. The molecular formula is C30H51N7O8. The SMILES string of the molecule is CC[C@H](C)[C@H](C)C(=O)C[C@@H](CO)C(=O)N[C@H]1C(=O)N[C@@H](C)C(=O)N[C@@H](C[C@H]2CN=C(N)N2)C(=O)N[C@@H]([C@@H](C)CC)C(=O)O[C@H]1C. The van der Waals surface area contributed by atoms with Crippen LogP contribution in [-0.2, 0) is 33.5 Å². The minimum atomic E-state index is -1.49. The average Bonchev–Trinajstić information content (AvgIpc) is 3.42. The number of aliphatic hydroxyl groups excluding tert-OH is 1. The van der Waals surface area contributed by atoms with Crippen LogP contribution in [0.3, 0.4) is 0 Å². The van der Waals surface area contributed by atoms with Crippen LogP contribution in [-0.4, -0.2) is 95.9 Å². The van der Waals surface area contributed by atoms with E-state index in [0.29, 0.717) is 6.42 Å². The van der Waals surface area contributed by atoms with Crippen molar-refractivity contribution in [3.63, 3.8) is 0 Å². The Balaban J connectivity index is 2.36. The molecule has 10 atom stereocenters. The van der Waals surface area contributed by atoms with E-state index in [0.717, 1.165) is 6.42 Å². The number of hydrogen-bond acceptors (Lipinski definition) is 11. The minimum absolute atomic E-state index is 0.0765. The van der Waals surface area contributed by atoms with Crippen molar-refractivity contribution in [2.24, 2.45) is 34.4 Å². The van der Waals surface area contributed by atoms with Crippen molar-refractivity contribution < 1.29 is 38.6 Å². The second kappa shape index (κ2) is 17.1. The van der Waals surface area contributed by atoms with Crippen LogP contribution in [0.5, 0.6) is 0 Å². The molecule has 0 unspecified atom stereocenters. The molecule has 2 rings (SSSR count). The van der Waals surface area contributed by atoms with E-state index in [4.69, 9.17) is 10.5 Å². The number of hydrogen-bond donors (Lipinski definition) is 7. The number of carbonyl (C=O) groups is 6. The lowest BCUT2D eigenvalue weighted by Gasteiger charge is -2.29. The minimum Gasteiger partial charge on any atom is -0.458 e. The summed E-state index contributed by atoms with van der Waals surface area (Å²) in [6, 6.07) is -5.24. The summed E-state index contributed by atoms with van der Waals surface area (Å²) in [6.45, 7) is 11.6. The fourth-order valence-electron chi connectivity index (χ4n) is 5.08. The van der Waals surface area contributed by atoms with Gasteiger partial charge in [0.05, 0.1) is 25.1 Å². The van der Waals surface area contributed by atoms with Crippen LogP contribution in [0.15, 0.2) is 4.99 Å². The maximum atomic E-state index is 13.5. The number of Topliss-reactive ketones (excluding diaryl/α,β-unsaturated/α-hetero) is 1. The van der Waals surface area contributed by atoms with E-state index in [9.17, 15) is 33.9 Å². The first-order chi connectivity index (χ1) is 21.1. The fourth-order valence-corrected chi connectivity index (χ4v) is 5.08. The predicted octanol–water partition coefficient (Wildman–Crippen LogP) is -1.14. The van der Waals surface area contributed by atoms with Crippen LogP contribution in [0.4, 0.5) is 0 Å². The highest BCUT2D eigenvalue weighted by Gasteiger charge is 2.39. The molecule has 254 valence electrons. The van der Waals surface area contributed by atoms with Gasteiger partial charge in [0.15, 0.2) is 5.96 Å². The van der Waals surface area contributed by atoms with Gasteiger partial charge in [0.1, 0.15) is 36.1 Å². The lowest BCUT2D eigenvalue weighted by atomic mass is 9.85. The number of ketones is 1. The predicted molar refractivity (Wildman–Crippen MR) is 165 cm³/mol. The Bertz CT molecular complexity index is 1130. The van der Waals surface area contributed by atoms with Gasteiger partial charge in [-0.05, 0) is 32.1 Å². The van der Waals surface area contributed by atoms with Gasteiger partial charge in [-0.3, -0.25) is 29.0 Å². The molecular weight excluding hydrogens is 586 g/mol. The normalized spacial score (nSPS) is 29.0. The van der Waals surface area contributed by atoms with Crippen molar-refractivity contribution in [2.75, 3.05) is 13.2 Å². The highest BCUT2D eigenvalue weighted by Crippen LogP contribution is 2.20. The molecule has 2 heterocycles. The summed E-state index contributed by atoms with van der Waals surface area (Å²) in [6.07, 6.45) is -0.159. The van der Waals surface area contributed by atoms with E-state index in [-0.39, 0.29) is 49.0 Å². The summed E-state index contributed by atoms with van der Waals surface area (Å²) in [7, 11) is 0.